The Labute approximate surface area is 201 Å². The van der Waals surface area contributed by atoms with Crippen LogP contribution in [0.1, 0.15) is 30.0 Å². The normalized spacial score (nSPS) is 11.9. The number of hydrogen-bond donors (Lipinski definition) is 1. The molecule has 2 N–H and O–H groups in total. The number of aromatic nitrogens is 1. The van der Waals surface area contributed by atoms with Crippen LogP contribution >= 0.6 is 23.2 Å². The summed E-state index contributed by atoms with van der Waals surface area (Å²) in [5, 5.41) is 6.78. The van der Waals surface area contributed by atoms with Gasteiger partial charge in [-0.15, -0.1) is 0 Å². The van der Waals surface area contributed by atoms with Gasteiger partial charge in [-0.25, -0.2) is 18.5 Å². The van der Waals surface area contributed by atoms with Gasteiger partial charge in [0.2, 0.25) is 21.5 Å². The Bertz CT molecular complexity index is 1480. The van der Waals surface area contributed by atoms with E-state index in [4.69, 9.17) is 32.8 Å². The second-order valence-electron chi connectivity index (χ2n) is 7.96. The van der Waals surface area contributed by atoms with Crippen molar-refractivity contribution in [1.29, 1.82) is 0 Å². The maximum atomic E-state index is 12.8. The topological polar surface area (TPSA) is 103 Å². The number of ketones is 1. The smallest absolute Gasteiger partial charge is 0.227 e. The zero-order chi connectivity index (χ0) is 23.9. The minimum Gasteiger partial charge on any atom is -0.434 e. The van der Waals surface area contributed by atoms with Gasteiger partial charge in [0.05, 0.1) is 11.4 Å². The van der Waals surface area contributed by atoms with Gasteiger partial charge in [-0.2, -0.15) is 0 Å². The average Bonchev–Trinajstić information content (AvgIpc) is 3.09. The number of benzene rings is 2. The molecule has 0 unspecified atom stereocenters. The molecule has 2 aromatic heterocycles. The number of rotatable bonds is 6. The number of nitrogens with two attached hydrogens (primary N) is 1. The standard InChI is InChI=1S/C24H20Cl2N2O4S/c1-13(2)22(29)23-19(12-33(27,30)31)18-11-17(14-7-9-15(25)10-8-14)21(28-24(18)32-23)16-5-3-4-6-20(16)26/h3-11,13H,12H2,1-2H3,(H2,27,30,31). The summed E-state index contributed by atoms with van der Waals surface area (Å²) < 4.78 is 29.8. The van der Waals surface area contributed by atoms with Gasteiger partial charge in [0, 0.05) is 38.0 Å². The van der Waals surface area contributed by atoms with Crippen LogP contribution in [0.4, 0.5) is 0 Å². The number of carbonyl (C=O) groups is 1. The number of sulfonamides is 1. The van der Waals surface area contributed by atoms with Gasteiger partial charge in [-0.3, -0.25) is 4.79 Å². The summed E-state index contributed by atoms with van der Waals surface area (Å²) in [6.45, 7) is 3.41. The predicted octanol–water partition coefficient (Wildman–Crippen LogP) is 6.10. The molecule has 0 amide bonds. The van der Waals surface area contributed by atoms with Crippen molar-refractivity contribution in [2.45, 2.75) is 19.6 Å². The average molecular weight is 503 g/mol. The van der Waals surface area contributed by atoms with Gasteiger partial charge < -0.3 is 4.42 Å². The van der Waals surface area contributed by atoms with Crippen molar-refractivity contribution < 1.29 is 17.6 Å². The van der Waals surface area contributed by atoms with Crippen LogP contribution < -0.4 is 5.14 Å². The minimum absolute atomic E-state index is 0.0557. The lowest BCUT2D eigenvalue weighted by Gasteiger charge is -2.11. The molecule has 0 spiro atoms. The molecule has 0 atom stereocenters. The lowest BCUT2D eigenvalue weighted by Crippen LogP contribution is -2.17. The highest BCUT2D eigenvalue weighted by molar-refractivity contribution is 7.88. The van der Waals surface area contributed by atoms with Crippen LogP contribution in [0, 0.1) is 5.92 Å². The fraction of sp³-hybridized carbons (Fsp3) is 0.167. The van der Waals surface area contributed by atoms with E-state index >= 15 is 0 Å². The van der Waals surface area contributed by atoms with Crippen molar-refractivity contribution in [2.75, 3.05) is 0 Å². The van der Waals surface area contributed by atoms with E-state index in [2.05, 4.69) is 4.98 Å². The van der Waals surface area contributed by atoms with Crippen molar-refractivity contribution in [3.05, 3.63) is 76.0 Å². The number of carbonyl (C=O) groups excluding carboxylic acids is 1. The van der Waals surface area contributed by atoms with Crippen LogP contribution in [0.2, 0.25) is 10.0 Å². The van der Waals surface area contributed by atoms with Crippen molar-refractivity contribution >= 4 is 50.1 Å². The molecule has 33 heavy (non-hydrogen) atoms. The highest BCUT2D eigenvalue weighted by atomic mass is 35.5. The largest absolute Gasteiger partial charge is 0.434 e. The third-order valence-electron chi connectivity index (χ3n) is 5.16. The first-order valence-electron chi connectivity index (χ1n) is 10.1. The van der Waals surface area contributed by atoms with E-state index in [1.54, 1.807) is 38.1 Å². The van der Waals surface area contributed by atoms with Gasteiger partial charge in [0.15, 0.2) is 5.76 Å². The maximum absolute atomic E-state index is 12.8. The Hall–Kier alpha value is -2.71. The second-order valence-corrected chi connectivity index (χ2v) is 10.4. The van der Waals surface area contributed by atoms with Crippen LogP contribution in [0.3, 0.4) is 0 Å². The minimum atomic E-state index is -3.95. The van der Waals surface area contributed by atoms with E-state index in [9.17, 15) is 13.2 Å². The molecule has 170 valence electrons. The van der Waals surface area contributed by atoms with Crippen LogP contribution in [0.5, 0.6) is 0 Å². The fourth-order valence-corrected chi connectivity index (χ4v) is 4.62. The number of pyridine rings is 1. The molecule has 0 aliphatic heterocycles. The van der Waals surface area contributed by atoms with Gasteiger partial charge >= 0.3 is 0 Å². The number of halogens is 2. The highest BCUT2D eigenvalue weighted by Gasteiger charge is 2.27. The molecule has 2 heterocycles. The first-order valence-corrected chi connectivity index (χ1v) is 12.5. The lowest BCUT2D eigenvalue weighted by molar-refractivity contribution is 0.0912. The summed E-state index contributed by atoms with van der Waals surface area (Å²) >= 11 is 12.5. The fourth-order valence-electron chi connectivity index (χ4n) is 3.58. The van der Waals surface area contributed by atoms with Crippen molar-refractivity contribution in [3.63, 3.8) is 0 Å². The summed E-state index contributed by atoms with van der Waals surface area (Å²) in [4.78, 5) is 17.5. The van der Waals surface area contributed by atoms with E-state index in [0.29, 0.717) is 32.3 Å². The monoisotopic (exact) mass is 502 g/mol. The predicted molar refractivity (Wildman–Crippen MR) is 131 cm³/mol. The maximum Gasteiger partial charge on any atom is 0.227 e. The first kappa shape index (κ1) is 23.4. The molecule has 2 aromatic carbocycles. The molecule has 9 heteroatoms. The molecule has 0 aliphatic rings. The SMILES string of the molecule is CC(C)C(=O)c1oc2nc(-c3ccccc3Cl)c(-c3ccc(Cl)cc3)cc2c1CS(N)(=O)=O. The summed E-state index contributed by atoms with van der Waals surface area (Å²) in [5.41, 5.74) is 2.96. The van der Waals surface area contributed by atoms with Crippen molar-refractivity contribution in [3.8, 4) is 22.4 Å². The Kier molecular flexibility index (Phi) is 6.33. The number of nitrogens with zero attached hydrogens (tertiary/aromatic N) is 1. The Morgan fingerprint density at radius 2 is 1.73 bits per heavy atom. The molecule has 0 saturated carbocycles. The number of Topliss-reactive ketones (excluding diaryl/α,β-unsaturated/α-hetero) is 1. The van der Waals surface area contributed by atoms with E-state index in [-0.39, 0.29) is 22.8 Å². The Morgan fingerprint density at radius 3 is 2.33 bits per heavy atom. The Morgan fingerprint density at radius 1 is 1.06 bits per heavy atom. The van der Waals surface area contributed by atoms with Gasteiger partial charge in [0.1, 0.15) is 0 Å². The zero-order valence-electron chi connectivity index (χ0n) is 17.8. The summed E-state index contributed by atoms with van der Waals surface area (Å²) in [5.74, 6) is -1.36. The van der Waals surface area contributed by atoms with Crippen LogP contribution in [0.25, 0.3) is 33.5 Å². The Balaban J connectivity index is 2.09. The molecule has 4 aromatic rings. The summed E-state index contributed by atoms with van der Waals surface area (Å²) in [7, 11) is -3.95. The van der Waals surface area contributed by atoms with Gasteiger partial charge in [-0.1, -0.05) is 67.4 Å². The molecular formula is C24H20Cl2N2O4S. The molecule has 6 nitrogen and oxygen atoms in total. The lowest BCUT2D eigenvalue weighted by atomic mass is 9.97. The van der Waals surface area contributed by atoms with Crippen LogP contribution in [-0.2, 0) is 15.8 Å². The van der Waals surface area contributed by atoms with E-state index < -0.39 is 21.7 Å². The number of fused-ring (bicyclic) bond motifs is 1. The number of hydrogen-bond acceptors (Lipinski definition) is 5. The molecule has 0 bridgehead atoms. The van der Waals surface area contributed by atoms with Gasteiger partial charge in [0.25, 0.3) is 0 Å². The third-order valence-corrected chi connectivity index (χ3v) is 6.44. The molecule has 0 fully saturated rings. The van der Waals surface area contributed by atoms with Crippen LogP contribution in [0.15, 0.2) is 59.0 Å². The van der Waals surface area contributed by atoms with E-state index in [1.165, 1.54) is 0 Å². The molecule has 4 rings (SSSR count). The van der Waals surface area contributed by atoms with Crippen molar-refractivity contribution in [2.24, 2.45) is 11.1 Å². The number of furan rings is 1. The molecular weight excluding hydrogens is 483 g/mol. The third kappa shape index (κ3) is 4.82. The zero-order valence-corrected chi connectivity index (χ0v) is 20.1. The molecule has 0 aliphatic carbocycles. The van der Waals surface area contributed by atoms with E-state index in [1.807, 2.05) is 30.3 Å². The summed E-state index contributed by atoms with van der Waals surface area (Å²) in [6.07, 6.45) is 0. The van der Waals surface area contributed by atoms with Crippen molar-refractivity contribution in [1.82, 2.24) is 4.98 Å². The second kappa shape index (κ2) is 8.91. The quantitative estimate of drug-likeness (QED) is 0.321. The first-order chi connectivity index (χ1) is 15.5. The molecule has 0 radical (unpaired) electrons. The van der Waals surface area contributed by atoms with E-state index in [0.717, 1.165) is 5.56 Å². The van der Waals surface area contributed by atoms with Gasteiger partial charge in [-0.05, 0) is 29.8 Å². The molecule has 0 saturated heterocycles. The van der Waals surface area contributed by atoms with Crippen LogP contribution in [-0.4, -0.2) is 19.2 Å². The highest BCUT2D eigenvalue weighted by Crippen LogP contribution is 2.39. The number of primary sulfonamides is 1. The summed E-state index contributed by atoms with van der Waals surface area (Å²) in [6, 6.07) is 16.1.